The second kappa shape index (κ2) is 12.1. The van der Waals surface area contributed by atoms with E-state index in [1.807, 2.05) is 20.8 Å². The third-order valence-electron chi connectivity index (χ3n) is 2.77. The molecule has 1 atom stereocenters. The van der Waals surface area contributed by atoms with Crippen LogP contribution in [0.25, 0.3) is 0 Å². The zero-order chi connectivity index (χ0) is 15.4. The Morgan fingerprint density at radius 3 is 2.10 bits per heavy atom. The van der Waals surface area contributed by atoms with E-state index in [1.165, 1.54) is 0 Å². The molecule has 0 aromatic carbocycles. The van der Waals surface area contributed by atoms with Gasteiger partial charge in [0.25, 0.3) is 0 Å². The van der Waals surface area contributed by atoms with Crippen LogP contribution in [-0.2, 0) is 19.0 Å². The van der Waals surface area contributed by atoms with E-state index < -0.39 is 0 Å². The maximum atomic E-state index is 12.0. The molecule has 1 unspecified atom stereocenters. The van der Waals surface area contributed by atoms with Crippen molar-refractivity contribution in [2.24, 2.45) is 0 Å². The Morgan fingerprint density at radius 2 is 1.70 bits per heavy atom. The van der Waals surface area contributed by atoms with Crippen molar-refractivity contribution >= 4 is 5.97 Å². The van der Waals surface area contributed by atoms with E-state index in [2.05, 4.69) is 10.2 Å². The molecule has 0 amide bonds. The number of rotatable bonds is 12. The lowest BCUT2D eigenvalue weighted by molar-refractivity contribution is -0.146. The number of carbonyl (C=O) groups is 1. The molecule has 0 aliphatic carbocycles. The highest BCUT2D eigenvalue weighted by molar-refractivity contribution is 5.76. The second-order valence-electron chi connectivity index (χ2n) is 4.91. The van der Waals surface area contributed by atoms with E-state index in [1.54, 1.807) is 14.2 Å². The summed E-state index contributed by atoms with van der Waals surface area (Å²) < 4.78 is 15.3. The summed E-state index contributed by atoms with van der Waals surface area (Å²) in [7, 11) is 3.34. The van der Waals surface area contributed by atoms with Crippen molar-refractivity contribution in [2.45, 2.75) is 32.9 Å². The van der Waals surface area contributed by atoms with Gasteiger partial charge in [0.1, 0.15) is 6.04 Å². The summed E-state index contributed by atoms with van der Waals surface area (Å²) in [5, 5.41) is 3.25. The molecule has 0 bridgehead atoms. The minimum atomic E-state index is -0.330. The van der Waals surface area contributed by atoms with Gasteiger partial charge in [-0.1, -0.05) is 13.8 Å². The zero-order valence-corrected chi connectivity index (χ0v) is 13.5. The van der Waals surface area contributed by atoms with E-state index in [9.17, 15) is 4.79 Å². The average molecular weight is 290 g/mol. The van der Waals surface area contributed by atoms with Crippen LogP contribution in [0.1, 0.15) is 20.8 Å². The second-order valence-corrected chi connectivity index (χ2v) is 4.91. The Bertz CT molecular complexity index is 241. The number of methoxy groups -OCH3 is 2. The average Bonchev–Trinajstić information content (AvgIpc) is 2.40. The molecule has 1 N–H and O–H groups in total. The highest BCUT2D eigenvalue weighted by Gasteiger charge is 2.23. The number of ether oxygens (including phenoxy) is 3. The Labute approximate surface area is 122 Å². The summed E-state index contributed by atoms with van der Waals surface area (Å²) >= 11 is 0. The summed E-state index contributed by atoms with van der Waals surface area (Å²) in [5.74, 6) is -0.207. The molecule has 0 aromatic heterocycles. The Morgan fingerprint density at radius 1 is 1.15 bits per heavy atom. The van der Waals surface area contributed by atoms with E-state index in [-0.39, 0.29) is 18.1 Å². The fourth-order valence-electron chi connectivity index (χ4n) is 1.83. The van der Waals surface area contributed by atoms with Crippen molar-refractivity contribution in [1.82, 2.24) is 10.2 Å². The van der Waals surface area contributed by atoms with Crippen LogP contribution in [0.5, 0.6) is 0 Å². The van der Waals surface area contributed by atoms with Crippen LogP contribution >= 0.6 is 0 Å². The lowest BCUT2D eigenvalue weighted by atomic mass is 10.2. The molecule has 120 valence electrons. The van der Waals surface area contributed by atoms with Crippen molar-refractivity contribution < 1.29 is 19.0 Å². The molecular weight excluding hydrogens is 260 g/mol. The molecule has 0 fully saturated rings. The van der Waals surface area contributed by atoms with Crippen LogP contribution in [0.2, 0.25) is 0 Å². The van der Waals surface area contributed by atoms with Gasteiger partial charge in [0.2, 0.25) is 0 Å². The third kappa shape index (κ3) is 9.25. The first-order valence-corrected chi connectivity index (χ1v) is 7.18. The molecule has 0 spiro atoms. The number of carbonyl (C=O) groups excluding carboxylic acids is 1. The summed E-state index contributed by atoms with van der Waals surface area (Å²) in [4.78, 5) is 14.1. The number of nitrogens with zero attached hydrogens (tertiary/aromatic N) is 1. The largest absolute Gasteiger partial charge is 0.465 e. The Balaban J connectivity index is 4.54. The molecule has 20 heavy (non-hydrogen) atoms. The number of hydrogen-bond acceptors (Lipinski definition) is 6. The van der Waals surface area contributed by atoms with Crippen LogP contribution in [0.15, 0.2) is 0 Å². The molecule has 0 radical (unpaired) electrons. The molecule has 0 aliphatic rings. The highest BCUT2D eigenvalue weighted by Crippen LogP contribution is 1.99. The minimum Gasteiger partial charge on any atom is -0.465 e. The normalized spacial score (nSPS) is 12.9. The maximum Gasteiger partial charge on any atom is 0.324 e. The fraction of sp³-hybridized carbons (Fsp3) is 0.929. The van der Waals surface area contributed by atoms with Crippen LogP contribution in [0.3, 0.4) is 0 Å². The van der Waals surface area contributed by atoms with Crippen molar-refractivity contribution in [3.05, 3.63) is 0 Å². The smallest absolute Gasteiger partial charge is 0.324 e. The molecule has 6 nitrogen and oxygen atoms in total. The topological polar surface area (TPSA) is 60.0 Å². The summed E-state index contributed by atoms with van der Waals surface area (Å²) in [5.41, 5.74) is 0. The highest BCUT2D eigenvalue weighted by atomic mass is 16.5. The van der Waals surface area contributed by atoms with Gasteiger partial charge in [0.05, 0.1) is 19.8 Å². The van der Waals surface area contributed by atoms with Gasteiger partial charge < -0.3 is 19.5 Å². The van der Waals surface area contributed by atoms with Crippen molar-refractivity contribution in [1.29, 1.82) is 0 Å². The Hall–Kier alpha value is -0.690. The maximum absolute atomic E-state index is 12.0. The fourth-order valence-corrected chi connectivity index (χ4v) is 1.83. The van der Waals surface area contributed by atoms with Crippen molar-refractivity contribution in [2.75, 3.05) is 53.7 Å². The molecule has 0 rings (SSSR count). The SMILES string of the molecule is CCOC(=O)C(CN(CCOC)CCOC)NC(C)C. The van der Waals surface area contributed by atoms with Gasteiger partial charge in [0, 0.05) is 39.9 Å². The van der Waals surface area contributed by atoms with Gasteiger partial charge in [-0.25, -0.2) is 0 Å². The molecule has 0 aliphatic heterocycles. The predicted octanol–water partition coefficient (Wildman–Crippen LogP) is 0.511. The quantitative estimate of drug-likeness (QED) is 0.529. The molecule has 0 saturated carbocycles. The van der Waals surface area contributed by atoms with E-state index >= 15 is 0 Å². The number of nitrogens with one attached hydrogen (secondary N) is 1. The van der Waals surface area contributed by atoms with Gasteiger partial charge in [0.15, 0.2) is 0 Å². The third-order valence-corrected chi connectivity index (χ3v) is 2.77. The van der Waals surface area contributed by atoms with E-state index in [0.717, 1.165) is 13.1 Å². The van der Waals surface area contributed by atoms with Gasteiger partial charge in [-0.05, 0) is 6.92 Å². The van der Waals surface area contributed by atoms with Crippen LogP contribution in [0, 0.1) is 0 Å². The van der Waals surface area contributed by atoms with Gasteiger partial charge >= 0.3 is 5.97 Å². The minimum absolute atomic E-state index is 0.207. The van der Waals surface area contributed by atoms with Gasteiger partial charge in [-0.15, -0.1) is 0 Å². The summed E-state index contributed by atoms with van der Waals surface area (Å²) in [6.07, 6.45) is 0. The first-order valence-electron chi connectivity index (χ1n) is 7.18. The molecule has 0 saturated heterocycles. The molecule has 0 aromatic rings. The zero-order valence-electron chi connectivity index (χ0n) is 13.5. The lowest BCUT2D eigenvalue weighted by Crippen LogP contribution is -2.50. The van der Waals surface area contributed by atoms with Crippen molar-refractivity contribution in [3.8, 4) is 0 Å². The monoisotopic (exact) mass is 290 g/mol. The summed E-state index contributed by atoms with van der Waals surface area (Å²) in [6, 6.07) is -0.111. The van der Waals surface area contributed by atoms with Crippen LogP contribution < -0.4 is 5.32 Å². The predicted molar refractivity (Wildman–Crippen MR) is 78.9 cm³/mol. The first-order chi connectivity index (χ1) is 9.54. The van der Waals surface area contributed by atoms with Crippen LogP contribution in [0.4, 0.5) is 0 Å². The molecule has 6 heteroatoms. The standard InChI is InChI=1S/C14H30N2O4/c1-6-20-14(17)13(15-12(2)3)11-16(7-9-18-4)8-10-19-5/h12-13,15H,6-11H2,1-5H3. The van der Waals surface area contributed by atoms with Gasteiger partial charge in [-0.3, -0.25) is 9.69 Å². The Kier molecular flexibility index (Phi) is 11.7. The molecular formula is C14H30N2O4. The molecule has 0 heterocycles. The first kappa shape index (κ1) is 19.3. The van der Waals surface area contributed by atoms with E-state index in [4.69, 9.17) is 14.2 Å². The van der Waals surface area contributed by atoms with Crippen LogP contribution in [-0.4, -0.2) is 76.6 Å². The summed E-state index contributed by atoms with van der Waals surface area (Å²) in [6.45, 7) is 9.60. The van der Waals surface area contributed by atoms with Gasteiger partial charge in [-0.2, -0.15) is 0 Å². The number of esters is 1. The van der Waals surface area contributed by atoms with E-state index in [0.29, 0.717) is 26.4 Å². The van der Waals surface area contributed by atoms with Crippen molar-refractivity contribution in [3.63, 3.8) is 0 Å². The number of hydrogen-bond donors (Lipinski definition) is 1. The lowest BCUT2D eigenvalue weighted by Gasteiger charge is -2.27.